The van der Waals surface area contributed by atoms with Crippen LogP contribution in [0.2, 0.25) is 0 Å². The summed E-state index contributed by atoms with van der Waals surface area (Å²) in [6.45, 7) is -0.477. The van der Waals surface area contributed by atoms with Crippen LogP contribution in [-0.2, 0) is 28.0 Å². The van der Waals surface area contributed by atoms with Crippen molar-refractivity contribution >= 4 is 11.1 Å². The number of methoxy groups -OCH3 is 1. The molecule has 1 aromatic heterocycles. The highest BCUT2D eigenvalue weighted by Crippen LogP contribution is 2.35. The fraction of sp³-hybridized carbons (Fsp3) is 0.444. The van der Waals surface area contributed by atoms with Gasteiger partial charge in [-0.2, -0.15) is 13.2 Å². The Morgan fingerprint density at radius 2 is 2.12 bits per heavy atom. The van der Waals surface area contributed by atoms with Crippen molar-refractivity contribution in [1.82, 2.24) is 4.98 Å². The highest BCUT2D eigenvalue weighted by Gasteiger charge is 2.35. The Kier molecular flexibility index (Phi) is 4.47. The van der Waals surface area contributed by atoms with Crippen molar-refractivity contribution in [2.75, 3.05) is 13.4 Å². The lowest BCUT2D eigenvalue weighted by molar-refractivity contribution is -0.138. The summed E-state index contributed by atoms with van der Waals surface area (Å²) in [5.74, 6) is -0.190. The number of aromatic nitrogens is 1. The minimum atomic E-state index is -4.54. The third kappa shape index (κ3) is 3.67. The fourth-order valence-corrected chi connectivity index (χ4v) is 1.48. The van der Waals surface area contributed by atoms with E-state index in [2.05, 4.69) is 9.17 Å². The Morgan fingerprint density at radius 1 is 1.47 bits per heavy atom. The second kappa shape index (κ2) is 5.46. The number of rotatable bonds is 4. The van der Waals surface area contributed by atoms with Crippen molar-refractivity contribution in [3.8, 4) is 5.88 Å². The molecule has 1 unspecified atom stereocenters. The maximum absolute atomic E-state index is 12.7. The average Bonchev–Trinajstić information content (AvgIpc) is 2.24. The van der Waals surface area contributed by atoms with Gasteiger partial charge in [0.2, 0.25) is 5.88 Å². The fourth-order valence-electron chi connectivity index (χ4n) is 1.20. The van der Waals surface area contributed by atoms with Crippen LogP contribution in [0.1, 0.15) is 11.1 Å². The van der Waals surface area contributed by atoms with E-state index in [0.717, 1.165) is 12.3 Å². The molecule has 0 spiro atoms. The zero-order valence-corrected chi connectivity index (χ0v) is 9.89. The van der Waals surface area contributed by atoms with Crippen LogP contribution in [-0.4, -0.2) is 22.6 Å². The molecule has 0 amide bonds. The van der Waals surface area contributed by atoms with Gasteiger partial charge in [0.15, 0.2) is 11.1 Å². The molecule has 0 aliphatic carbocycles. The molecule has 0 saturated carbocycles. The Hall–Kier alpha value is -1.15. The first kappa shape index (κ1) is 13.9. The van der Waals surface area contributed by atoms with E-state index < -0.39 is 29.4 Å². The predicted molar refractivity (Wildman–Crippen MR) is 54.6 cm³/mol. The molecule has 0 bridgehead atoms. The van der Waals surface area contributed by atoms with Gasteiger partial charge in [0.25, 0.3) is 0 Å². The summed E-state index contributed by atoms with van der Waals surface area (Å²) in [5.41, 5.74) is -1.17. The lowest BCUT2D eigenvalue weighted by atomic mass is 10.1. The first-order valence-electron chi connectivity index (χ1n) is 4.42. The molecule has 0 N–H and O–H groups in total. The minimum Gasteiger partial charge on any atom is -0.481 e. The molecule has 0 fully saturated rings. The van der Waals surface area contributed by atoms with Crippen molar-refractivity contribution < 1.29 is 26.3 Å². The van der Waals surface area contributed by atoms with Gasteiger partial charge < -0.3 is 4.74 Å². The van der Waals surface area contributed by atoms with Crippen LogP contribution < -0.4 is 4.74 Å². The smallest absolute Gasteiger partial charge is 0.417 e. The Morgan fingerprint density at radius 3 is 2.59 bits per heavy atom. The molecule has 1 aromatic rings. The van der Waals surface area contributed by atoms with Gasteiger partial charge in [0.05, 0.1) is 24.8 Å². The van der Waals surface area contributed by atoms with Crippen LogP contribution in [0, 0.1) is 0 Å². The summed E-state index contributed by atoms with van der Waals surface area (Å²) in [6.07, 6.45) is -2.33. The summed E-state index contributed by atoms with van der Waals surface area (Å²) >= 11 is -1.66. The standard InChI is InChI=1S/C9H10F3NO3S/c1-15-8-6(5-16-17(2)14)7(3-4-13-8)9(10,11)12/h3-4H,5H2,1-2H3. The second-order valence-corrected chi connectivity index (χ2v) is 4.05. The molecular formula is C9H10F3NO3S. The van der Waals surface area contributed by atoms with E-state index in [-0.39, 0.29) is 11.4 Å². The normalized spacial score (nSPS) is 13.5. The predicted octanol–water partition coefficient (Wildman–Crippen LogP) is 1.92. The monoisotopic (exact) mass is 269 g/mol. The first-order valence-corrected chi connectivity index (χ1v) is 5.90. The van der Waals surface area contributed by atoms with Crippen molar-refractivity contribution in [3.63, 3.8) is 0 Å². The number of pyridine rings is 1. The number of nitrogens with zero attached hydrogens (tertiary/aromatic N) is 1. The van der Waals surface area contributed by atoms with Crippen molar-refractivity contribution in [1.29, 1.82) is 0 Å². The van der Waals surface area contributed by atoms with Crippen LogP contribution in [0.5, 0.6) is 5.88 Å². The summed E-state index contributed by atoms with van der Waals surface area (Å²) in [5, 5.41) is 0. The molecule has 1 rings (SSSR count). The van der Waals surface area contributed by atoms with Crippen molar-refractivity contribution in [2.45, 2.75) is 12.8 Å². The number of ether oxygens (including phenoxy) is 1. The van der Waals surface area contributed by atoms with Gasteiger partial charge in [-0.05, 0) is 6.07 Å². The minimum absolute atomic E-state index is 0.190. The molecule has 0 aliphatic rings. The van der Waals surface area contributed by atoms with Crippen LogP contribution in [0.3, 0.4) is 0 Å². The number of halogens is 3. The summed E-state index contributed by atoms with van der Waals surface area (Å²) in [6, 6.07) is 0.819. The lowest BCUT2D eigenvalue weighted by Gasteiger charge is -2.14. The van der Waals surface area contributed by atoms with Crippen molar-refractivity contribution in [3.05, 3.63) is 23.4 Å². The highest BCUT2D eigenvalue weighted by molar-refractivity contribution is 7.79. The number of hydrogen-bond donors (Lipinski definition) is 0. The number of alkyl halides is 3. The van der Waals surface area contributed by atoms with Gasteiger partial charge in [0.1, 0.15) is 0 Å². The maximum Gasteiger partial charge on any atom is 0.417 e. The van der Waals surface area contributed by atoms with E-state index in [9.17, 15) is 17.4 Å². The van der Waals surface area contributed by atoms with E-state index in [1.165, 1.54) is 13.4 Å². The van der Waals surface area contributed by atoms with Gasteiger partial charge in [-0.25, -0.2) is 9.19 Å². The number of hydrogen-bond acceptors (Lipinski definition) is 4. The Balaban J connectivity index is 3.16. The van der Waals surface area contributed by atoms with Gasteiger partial charge >= 0.3 is 6.18 Å². The average molecular weight is 269 g/mol. The second-order valence-electron chi connectivity index (χ2n) is 3.01. The van der Waals surface area contributed by atoms with Gasteiger partial charge in [-0.15, -0.1) is 0 Å². The third-order valence-corrected chi connectivity index (χ3v) is 2.33. The SMILES string of the molecule is COc1nccc(C(F)(F)F)c1COS(C)=O. The van der Waals surface area contributed by atoms with Crippen LogP contribution >= 0.6 is 0 Å². The van der Waals surface area contributed by atoms with E-state index in [1.807, 2.05) is 0 Å². The summed E-state index contributed by atoms with van der Waals surface area (Å²) in [4.78, 5) is 3.65. The van der Waals surface area contributed by atoms with Crippen LogP contribution in [0.25, 0.3) is 0 Å². The molecular weight excluding hydrogens is 259 g/mol. The Bertz CT molecular complexity index is 422. The van der Waals surface area contributed by atoms with E-state index >= 15 is 0 Å². The molecule has 4 nitrogen and oxygen atoms in total. The molecule has 17 heavy (non-hydrogen) atoms. The lowest BCUT2D eigenvalue weighted by Crippen LogP contribution is -2.12. The largest absolute Gasteiger partial charge is 0.481 e. The molecule has 0 radical (unpaired) electrons. The van der Waals surface area contributed by atoms with Crippen LogP contribution in [0.15, 0.2) is 12.3 Å². The molecule has 0 saturated heterocycles. The van der Waals surface area contributed by atoms with Gasteiger partial charge in [0, 0.05) is 12.5 Å². The first-order chi connectivity index (χ1) is 7.86. The molecule has 0 aliphatic heterocycles. The van der Waals surface area contributed by atoms with Crippen LogP contribution in [0.4, 0.5) is 13.2 Å². The van der Waals surface area contributed by atoms with E-state index in [4.69, 9.17) is 4.74 Å². The highest BCUT2D eigenvalue weighted by atomic mass is 32.2. The quantitative estimate of drug-likeness (QED) is 0.838. The molecule has 96 valence electrons. The maximum atomic E-state index is 12.7. The molecule has 0 aromatic carbocycles. The summed E-state index contributed by atoms with van der Waals surface area (Å²) in [7, 11) is 1.20. The van der Waals surface area contributed by atoms with Gasteiger partial charge in [-0.3, -0.25) is 4.18 Å². The zero-order chi connectivity index (χ0) is 13.1. The van der Waals surface area contributed by atoms with Gasteiger partial charge in [-0.1, -0.05) is 0 Å². The third-order valence-electron chi connectivity index (χ3n) is 1.88. The van der Waals surface area contributed by atoms with E-state index in [1.54, 1.807) is 0 Å². The van der Waals surface area contributed by atoms with E-state index in [0.29, 0.717) is 0 Å². The van der Waals surface area contributed by atoms with Crippen molar-refractivity contribution in [2.24, 2.45) is 0 Å². The molecule has 1 atom stereocenters. The topological polar surface area (TPSA) is 48.4 Å². The molecule has 8 heteroatoms. The molecule has 1 heterocycles. The summed E-state index contributed by atoms with van der Waals surface area (Å²) < 4.78 is 58.1. The zero-order valence-electron chi connectivity index (χ0n) is 9.08. The Labute approximate surface area is 98.4 Å².